The minimum absolute atomic E-state index is 0.202. The van der Waals surface area contributed by atoms with Crippen LogP contribution in [0.5, 0.6) is 0 Å². The fourth-order valence-corrected chi connectivity index (χ4v) is 2.16. The van der Waals surface area contributed by atoms with Gasteiger partial charge in [-0.1, -0.05) is 0 Å². The molecule has 0 atom stereocenters. The van der Waals surface area contributed by atoms with E-state index in [1.165, 1.54) is 24.7 Å². The highest BCUT2D eigenvalue weighted by molar-refractivity contribution is 5.85. The molecular formula is C16H14FN3O2. The lowest BCUT2D eigenvalue weighted by molar-refractivity contribution is 0.0778. The van der Waals surface area contributed by atoms with Crippen LogP contribution in [0.3, 0.4) is 0 Å². The molecule has 0 aliphatic heterocycles. The lowest BCUT2D eigenvalue weighted by Gasteiger charge is -2.16. The standard InChI is InChI=1S/C16H14FN3O2/c1-16(2,22)10-7-19-14(20-8-10)12-5-9-3-4-18-15(21)11(9)6-13(12)17/h3-8,22H,1-2H3,(H,18,21). The third kappa shape index (κ3) is 2.48. The van der Waals surface area contributed by atoms with Gasteiger partial charge in [0.2, 0.25) is 0 Å². The summed E-state index contributed by atoms with van der Waals surface area (Å²) >= 11 is 0. The van der Waals surface area contributed by atoms with E-state index in [1.54, 1.807) is 26.0 Å². The molecule has 0 bridgehead atoms. The fourth-order valence-electron chi connectivity index (χ4n) is 2.16. The molecule has 5 nitrogen and oxygen atoms in total. The molecule has 2 heterocycles. The summed E-state index contributed by atoms with van der Waals surface area (Å²) in [5, 5.41) is 10.8. The number of aliphatic hydroxyl groups is 1. The number of nitrogens with one attached hydrogen (secondary N) is 1. The van der Waals surface area contributed by atoms with E-state index in [4.69, 9.17) is 0 Å². The first-order valence-electron chi connectivity index (χ1n) is 6.72. The van der Waals surface area contributed by atoms with Crippen molar-refractivity contribution in [2.24, 2.45) is 0 Å². The maximum Gasteiger partial charge on any atom is 0.255 e. The van der Waals surface area contributed by atoms with Crippen molar-refractivity contribution in [3.05, 3.63) is 58.5 Å². The smallest absolute Gasteiger partial charge is 0.255 e. The van der Waals surface area contributed by atoms with Gasteiger partial charge in [-0.05, 0) is 37.4 Å². The van der Waals surface area contributed by atoms with Crippen LogP contribution >= 0.6 is 0 Å². The van der Waals surface area contributed by atoms with Crippen molar-refractivity contribution >= 4 is 10.8 Å². The summed E-state index contributed by atoms with van der Waals surface area (Å²) in [5.74, 6) is -0.368. The number of benzene rings is 1. The number of hydrogen-bond acceptors (Lipinski definition) is 4. The quantitative estimate of drug-likeness (QED) is 0.761. The van der Waals surface area contributed by atoms with E-state index in [0.29, 0.717) is 10.9 Å². The van der Waals surface area contributed by atoms with Crippen molar-refractivity contribution in [3.63, 3.8) is 0 Å². The summed E-state index contributed by atoms with van der Waals surface area (Å²) in [6.07, 6.45) is 4.43. The Bertz CT molecular complexity index is 896. The molecule has 1 aromatic carbocycles. The largest absolute Gasteiger partial charge is 0.386 e. The van der Waals surface area contributed by atoms with Gasteiger partial charge in [0.05, 0.1) is 11.2 Å². The van der Waals surface area contributed by atoms with Crippen LogP contribution in [0.4, 0.5) is 4.39 Å². The molecule has 3 aromatic rings. The van der Waals surface area contributed by atoms with E-state index >= 15 is 0 Å². The number of H-pyrrole nitrogens is 1. The minimum atomic E-state index is -1.06. The highest BCUT2D eigenvalue weighted by Crippen LogP contribution is 2.25. The molecule has 0 aliphatic carbocycles. The molecule has 6 heteroatoms. The zero-order valence-electron chi connectivity index (χ0n) is 12.1. The lowest BCUT2D eigenvalue weighted by Crippen LogP contribution is -2.16. The zero-order chi connectivity index (χ0) is 15.9. The second-order valence-corrected chi connectivity index (χ2v) is 5.58. The van der Waals surface area contributed by atoms with Gasteiger partial charge < -0.3 is 10.1 Å². The Labute approximate surface area is 125 Å². The highest BCUT2D eigenvalue weighted by Gasteiger charge is 2.18. The van der Waals surface area contributed by atoms with Crippen molar-refractivity contribution in [2.45, 2.75) is 19.4 Å². The molecule has 0 saturated carbocycles. The number of nitrogens with zero attached hydrogens (tertiary/aromatic N) is 2. The number of pyridine rings is 1. The Kier molecular flexibility index (Phi) is 3.26. The first-order chi connectivity index (χ1) is 10.4. The molecule has 0 aliphatic rings. The molecule has 22 heavy (non-hydrogen) atoms. The molecule has 0 amide bonds. The lowest BCUT2D eigenvalue weighted by atomic mass is 10.0. The number of fused-ring (bicyclic) bond motifs is 1. The SMILES string of the molecule is CC(C)(O)c1cnc(-c2cc3cc[nH]c(=O)c3cc2F)nc1. The van der Waals surface area contributed by atoms with Crippen molar-refractivity contribution in [3.8, 4) is 11.4 Å². The molecule has 0 saturated heterocycles. The second-order valence-electron chi connectivity index (χ2n) is 5.58. The van der Waals surface area contributed by atoms with Crippen molar-refractivity contribution in [2.75, 3.05) is 0 Å². The molecule has 0 unspecified atom stereocenters. The summed E-state index contributed by atoms with van der Waals surface area (Å²) in [7, 11) is 0. The van der Waals surface area contributed by atoms with Crippen LogP contribution in [0.1, 0.15) is 19.4 Å². The van der Waals surface area contributed by atoms with Gasteiger partial charge in [0.1, 0.15) is 5.82 Å². The third-order valence-corrected chi connectivity index (χ3v) is 3.46. The first-order valence-corrected chi connectivity index (χ1v) is 6.72. The van der Waals surface area contributed by atoms with E-state index in [1.807, 2.05) is 0 Å². The van der Waals surface area contributed by atoms with Gasteiger partial charge in [-0.15, -0.1) is 0 Å². The molecule has 112 valence electrons. The molecule has 2 N–H and O–H groups in total. The van der Waals surface area contributed by atoms with Crippen LogP contribution in [0, 0.1) is 5.82 Å². The van der Waals surface area contributed by atoms with E-state index < -0.39 is 11.4 Å². The molecule has 0 spiro atoms. The normalized spacial score (nSPS) is 11.8. The summed E-state index contributed by atoms with van der Waals surface area (Å²) in [5.41, 5.74) is -0.663. The summed E-state index contributed by atoms with van der Waals surface area (Å²) in [4.78, 5) is 22.4. The third-order valence-electron chi connectivity index (χ3n) is 3.46. The predicted molar refractivity (Wildman–Crippen MR) is 80.8 cm³/mol. The predicted octanol–water partition coefficient (Wildman–Crippen LogP) is 2.35. The monoisotopic (exact) mass is 299 g/mol. The summed E-state index contributed by atoms with van der Waals surface area (Å²) in [6, 6.07) is 4.40. The average molecular weight is 299 g/mol. The maximum atomic E-state index is 14.2. The van der Waals surface area contributed by atoms with Crippen LogP contribution < -0.4 is 5.56 Å². The molecule has 0 radical (unpaired) electrons. The van der Waals surface area contributed by atoms with Crippen molar-refractivity contribution < 1.29 is 9.50 Å². The maximum absolute atomic E-state index is 14.2. The van der Waals surface area contributed by atoms with Crippen LogP contribution in [-0.2, 0) is 5.60 Å². The Morgan fingerprint density at radius 1 is 1.23 bits per heavy atom. The van der Waals surface area contributed by atoms with Gasteiger partial charge in [0.25, 0.3) is 5.56 Å². The number of aromatic amines is 1. The van der Waals surface area contributed by atoms with Gasteiger partial charge >= 0.3 is 0 Å². The van der Waals surface area contributed by atoms with Crippen molar-refractivity contribution in [1.29, 1.82) is 0 Å². The van der Waals surface area contributed by atoms with E-state index in [2.05, 4.69) is 15.0 Å². The zero-order valence-corrected chi connectivity index (χ0v) is 12.1. The molecule has 3 rings (SSSR count). The van der Waals surface area contributed by atoms with Crippen LogP contribution in [0.15, 0.2) is 41.6 Å². The number of halogens is 1. The minimum Gasteiger partial charge on any atom is -0.386 e. The summed E-state index contributed by atoms with van der Waals surface area (Å²) in [6.45, 7) is 3.24. The molecule has 2 aromatic heterocycles. The fraction of sp³-hybridized carbons (Fsp3) is 0.188. The van der Waals surface area contributed by atoms with Gasteiger partial charge in [-0.3, -0.25) is 4.79 Å². The number of hydrogen-bond donors (Lipinski definition) is 2. The van der Waals surface area contributed by atoms with E-state index in [9.17, 15) is 14.3 Å². The topological polar surface area (TPSA) is 78.9 Å². The Balaban J connectivity index is 2.14. The number of rotatable bonds is 2. The molecule has 0 fully saturated rings. The first kappa shape index (κ1) is 14.3. The van der Waals surface area contributed by atoms with Gasteiger partial charge in [0.15, 0.2) is 5.82 Å². The Morgan fingerprint density at radius 2 is 1.91 bits per heavy atom. The number of aromatic nitrogens is 3. The van der Waals surface area contributed by atoms with E-state index in [0.717, 1.165) is 0 Å². The van der Waals surface area contributed by atoms with Gasteiger partial charge in [0, 0.05) is 29.5 Å². The van der Waals surface area contributed by atoms with Crippen molar-refractivity contribution in [1.82, 2.24) is 15.0 Å². The van der Waals surface area contributed by atoms with Crippen LogP contribution in [0.2, 0.25) is 0 Å². The Morgan fingerprint density at radius 3 is 2.55 bits per heavy atom. The molecular weight excluding hydrogens is 285 g/mol. The highest BCUT2D eigenvalue weighted by atomic mass is 19.1. The van der Waals surface area contributed by atoms with Crippen LogP contribution in [0.25, 0.3) is 22.2 Å². The second kappa shape index (κ2) is 4.99. The van der Waals surface area contributed by atoms with Gasteiger partial charge in [-0.2, -0.15) is 0 Å². The van der Waals surface area contributed by atoms with Gasteiger partial charge in [-0.25, -0.2) is 14.4 Å². The van der Waals surface area contributed by atoms with E-state index in [-0.39, 0.29) is 22.3 Å². The Hall–Kier alpha value is -2.60. The summed E-state index contributed by atoms with van der Waals surface area (Å²) < 4.78 is 14.2. The van der Waals surface area contributed by atoms with Crippen LogP contribution in [-0.4, -0.2) is 20.1 Å². The average Bonchev–Trinajstić information content (AvgIpc) is 2.47.